The smallest absolute Gasteiger partial charge is 0.266 e. The van der Waals surface area contributed by atoms with Crippen LogP contribution in [0.3, 0.4) is 0 Å². The average Bonchev–Trinajstić information content (AvgIpc) is 3.46. The van der Waals surface area contributed by atoms with Crippen LogP contribution in [-0.4, -0.2) is 84.3 Å². The molecule has 306 valence electrons. The zero-order valence-electron chi connectivity index (χ0n) is 32.6. The summed E-state index contributed by atoms with van der Waals surface area (Å²) in [7, 11) is -2.93. The predicted molar refractivity (Wildman–Crippen MR) is 220 cm³/mol. The number of anilines is 2. The largest absolute Gasteiger partial charge is 0.497 e. The minimum absolute atomic E-state index is 0.0332. The highest BCUT2D eigenvalue weighted by Crippen LogP contribution is 2.45. The topological polar surface area (TPSA) is 198 Å². The van der Waals surface area contributed by atoms with Gasteiger partial charge in [-0.1, -0.05) is 31.1 Å². The van der Waals surface area contributed by atoms with Crippen LogP contribution in [0.5, 0.6) is 11.5 Å². The highest BCUT2D eigenvalue weighted by atomic mass is 32.2. The van der Waals surface area contributed by atoms with Crippen molar-refractivity contribution in [2.24, 2.45) is 5.92 Å². The molecular formula is C41H47N7O8S2. The first-order valence-corrected chi connectivity index (χ1v) is 21.7. The van der Waals surface area contributed by atoms with Gasteiger partial charge in [0.1, 0.15) is 39.8 Å². The van der Waals surface area contributed by atoms with Gasteiger partial charge in [-0.15, -0.1) is 17.9 Å². The number of nitrogens with one attached hydrogen (secondary N) is 4. The Morgan fingerprint density at radius 3 is 2.53 bits per heavy atom. The van der Waals surface area contributed by atoms with Crippen LogP contribution >= 0.6 is 11.3 Å². The highest BCUT2D eigenvalue weighted by Gasteiger charge is 2.61. The van der Waals surface area contributed by atoms with Gasteiger partial charge in [-0.25, -0.2) is 23.1 Å². The fourth-order valence-electron chi connectivity index (χ4n) is 7.50. The quantitative estimate of drug-likeness (QED) is 0.174. The molecule has 3 aliphatic rings. The van der Waals surface area contributed by atoms with Crippen molar-refractivity contribution in [1.29, 1.82) is 0 Å². The van der Waals surface area contributed by atoms with Crippen molar-refractivity contribution in [3.05, 3.63) is 66.6 Å². The highest BCUT2D eigenvalue weighted by molar-refractivity contribution is 7.90. The molecule has 2 aliphatic heterocycles. The molecule has 0 bridgehead atoms. The Labute approximate surface area is 341 Å². The standard InChI is InChI=1S/C41H47N7O8S2/c1-5-25-21-41(25)39(52)47-58(53,54)35-13-11-10-12-29(35)44-36(49)14-8-6-7-9-15-37(50)48-22-27(19-33(48)38(51)46-41)56-34-20-31(32-23-57-40(45-32)42-24(2)3)43-30-18-26(55-4)16-17-28(30)34/h5,10-13,16-18,20,23-25,27,33H,1,6-9,14-15,19,21-22H2,2-4H3,(H,42,45)(H,44,49)(H,46,51)(H,47,52)/t25-,27-,33+,41-/m1/s1. The maximum Gasteiger partial charge on any atom is 0.266 e. The Kier molecular flexibility index (Phi) is 11.7. The number of pyridine rings is 1. The Bertz CT molecular complexity index is 2370. The second kappa shape index (κ2) is 16.7. The number of aromatic nitrogens is 2. The molecule has 4 heterocycles. The number of sulfonamides is 1. The lowest BCUT2D eigenvalue weighted by Gasteiger charge is -2.26. The van der Waals surface area contributed by atoms with E-state index < -0.39 is 45.4 Å². The Morgan fingerprint density at radius 2 is 1.79 bits per heavy atom. The third-order valence-corrected chi connectivity index (χ3v) is 12.8. The van der Waals surface area contributed by atoms with E-state index in [1.165, 1.54) is 40.5 Å². The minimum atomic E-state index is -4.50. The van der Waals surface area contributed by atoms with Gasteiger partial charge in [-0.3, -0.25) is 19.2 Å². The summed E-state index contributed by atoms with van der Waals surface area (Å²) in [6.07, 6.45) is 3.73. The lowest BCUT2D eigenvalue weighted by Crippen LogP contribution is -2.56. The molecule has 0 radical (unpaired) electrons. The third kappa shape index (κ3) is 8.65. The molecule has 2 fully saturated rings. The molecule has 0 unspecified atom stereocenters. The number of fused-ring (bicyclic) bond motifs is 3. The normalized spacial score (nSPS) is 24.1. The van der Waals surface area contributed by atoms with Gasteiger partial charge in [0.05, 0.1) is 30.6 Å². The van der Waals surface area contributed by atoms with E-state index in [-0.39, 0.29) is 60.7 Å². The fraction of sp³-hybridized carbons (Fsp3) is 0.415. The van der Waals surface area contributed by atoms with Crippen LogP contribution in [0.4, 0.5) is 10.8 Å². The number of carbonyl (C=O) groups is 4. The summed E-state index contributed by atoms with van der Waals surface area (Å²) in [6.45, 7) is 7.94. The zero-order chi connectivity index (χ0) is 41.2. The van der Waals surface area contributed by atoms with Crippen molar-refractivity contribution in [1.82, 2.24) is 24.9 Å². The molecule has 4 amide bonds. The lowest BCUT2D eigenvalue weighted by molar-refractivity contribution is -0.139. The molecular weight excluding hydrogens is 783 g/mol. The molecule has 4 atom stereocenters. The summed E-state index contributed by atoms with van der Waals surface area (Å²) < 4.78 is 41.6. The van der Waals surface area contributed by atoms with Gasteiger partial charge < -0.3 is 30.3 Å². The van der Waals surface area contributed by atoms with Crippen LogP contribution < -0.4 is 30.1 Å². The maximum absolute atomic E-state index is 14.3. The number of hydrogen-bond donors (Lipinski definition) is 4. The van der Waals surface area contributed by atoms with Gasteiger partial charge >= 0.3 is 0 Å². The number of methoxy groups -OCH3 is 1. The molecule has 1 saturated heterocycles. The number of amides is 4. The average molecular weight is 830 g/mol. The van der Waals surface area contributed by atoms with Crippen molar-refractivity contribution in [3.63, 3.8) is 0 Å². The summed E-state index contributed by atoms with van der Waals surface area (Å²) in [4.78, 5) is 65.8. The second-order valence-electron chi connectivity index (χ2n) is 15.2. The van der Waals surface area contributed by atoms with E-state index >= 15 is 0 Å². The summed E-state index contributed by atoms with van der Waals surface area (Å²) in [6, 6.07) is 12.2. The number of ether oxygens (including phenoxy) is 2. The molecule has 15 nitrogen and oxygen atoms in total. The van der Waals surface area contributed by atoms with Crippen molar-refractivity contribution in [2.45, 2.75) is 93.8 Å². The molecule has 1 spiro atoms. The van der Waals surface area contributed by atoms with Crippen LogP contribution in [0.25, 0.3) is 22.3 Å². The van der Waals surface area contributed by atoms with Gasteiger partial charge in [-0.05, 0) is 57.4 Å². The number of nitrogens with zero attached hydrogens (tertiary/aromatic N) is 3. The van der Waals surface area contributed by atoms with E-state index in [0.29, 0.717) is 59.5 Å². The Morgan fingerprint density at radius 1 is 1.02 bits per heavy atom. The van der Waals surface area contributed by atoms with Gasteiger partial charge in [-0.2, -0.15) is 0 Å². The molecule has 17 heteroatoms. The molecule has 7 rings (SSSR count). The molecule has 1 saturated carbocycles. The second-order valence-corrected chi connectivity index (χ2v) is 17.7. The predicted octanol–water partition coefficient (Wildman–Crippen LogP) is 5.39. The molecule has 4 N–H and O–H groups in total. The number of rotatable bonds is 7. The summed E-state index contributed by atoms with van der Waals surface area (Å²) in [5.74, 6) is -1.69. The van der Waals surface area contributed by atoms with Crippen LogP contribution in [-0.2, 0) is 29.2 Å². The van der Waals surface area contributed by atoms with Crippen LogP contribution in [0.1, 0.15) is 65.2 Å². The first-order valence-electron chi connectivity index (χ1n) is 19.4. The van der Waals surface area contributed by atoms with E-state index in [1.807, 2.05) is 25.3 Å². The van der Waals surface area contributed by atoms with Crippen molar-refractivity contribution >= 4 is 66.7 Å². The van der Waals surface area contributed by atoms with Gasteiger partial charge in [0.2, 0.25) is 17.7 Å². The van der Waals surface area contributed by atoms with E-state index in [0.717, 1.165) is 5.13 Å². The van der Waals surface area contributed by atoms with E-state index in [1.54, 1.807) is 31.4 Å². The van der Waals surface area contributed by atoms with Crippen LogP contribution in [0.2, 0.25) is 0 Å². The molecule has 58 heavy (non-hydrogen) atoms. The Balaban J connectivity index is 1.19. The van der Waals surface area contributed by atoms with Crippen molar-refractivity contribution < 1.29 is 37.1 Å². The maximum atomic E-state index is 14.3. The van der Waals surface area contributed by atoms with Crippen molar-refractivity contribution in [2.75, 3.05) is 24.3 Å². The van der Waals surface area contributed by atoms with E-state index in [2.05, 4.69) is 27.3 Å². The first-order chi connectivity index (χ1) is 27.8. The van der Waals surface area contributed by atoms with Crippen LogP contribution in [0.15, 0.2) is 71.5 Å². The lowest BCUT2D eigenvalue weighted by atomic mass is 10.1. The summed E-state index contributed by atoms with van der Waals surface area (Å²) >= 11 is 1.46. The summed E-state index contributed by atoms with van der Waals surface area (Å²) in [5, 5.41) is 12.1. The fourth-order valence-corrected chi connectivity index (χ4v) is 9.56. The number of para-hydroxylation sites is 1. The van der Waals surface area contributed by atoms with E-state index in [9.17, 15) is 27.6 Å². The number of benzene rings is 2. The number of hydrogen-bond acceptors (Lipinski definition) is 12. The first kappa shape index (κ1) is 40.6. The molecule has 1 aliphatic carbocycles. The minimum Gasteiger partial charge on any atom is -0.497 e. The third-order valence-electron chi connectivity index (χ3n) is 10.6. The zero-order valence-corrected chi connectivity index (χ0v) is 34.2. The Hall–Kier alpha value is -5.55. The van der Waals surface area contributed by atoms with E-state index in [4.69, 9.17) is 19.4 Å². The number of thiazole rings is 1. The van der Waals surface area contributed by atoms with Crippen molar-refractivity contribution in [3.8, 4) is 22.9 Å². The molecule has 4 aromatic rings. The summed E-state index contributed by atoms with van der Waals surface area (Å²) in [5.41, 5.74) is 0.212. The molecule has 2 aromatic carbocycles. The SMILES string of the molecule is C=C[C@@H]1C[C@@]12NC(=O)[C@@H]1C[C@@H](Oc3cc(-c4csc(NC(C)C)n4)nc4cc(OC)ccc34)CN1C(=O)CCCCCCC(=O)Nc1ccccc1S(=O)(=O)NC2=O. The van der Waals surface area contributed by atoms with Crippen LogP contribution in [0, 0.1) is 5.92 Å². The molecule has 2 aromatic heterocycles. The van der Waals surface area contributed by atoms with Gasteiger partial charge in [0.25, 0.3) is 15.9 Å². The number of carbonyl (C=O) groups excluding carboxylic acids is 4. The van der Waals surface area contributed by atoms with Gasteiger partial charge in [0.15, 0.2) is 5.13 Å². The monoisotopic (exact) mass is 829 g/mol. The van der Waals surface area contributed by atoms with Gasteiger partial charge in [0, 0.05) is 54.1 Å².